The summed E-state index contributed by atoms with van der Waals surface area (Å²) < 4.78 is 7.52. The minimum absolute atomic E-state index is 0. The molecule has 1 aromatic heterocycles. The van der Waals surface area contributed by atoms with Crippen molar-refractivity contribution in [3.05, 3.63) is 24.3 Å². The summed E-state index contributed by atoms with van der Waals surface area (Å²) in [5.74, 6) is 0.652. The first-order valence-corrected chi connectivity index (χ1v) is 9.28. The van der Waals surface area contributed by atoms with Crippen molar-refractivity contribution in [1.82, 2.24) is 9.55 Å². The molecule has 1 amide bonds. The Kier molecular flexibility index (Phi) is 7.87. The Morgan fingerprint density at radius 3 is 2.96 bits per heavy atom. The van der Waals surface area contributed by atoms with E-state index in [-0.39, 0.29) is 30.3 Å². The average molecular weight is 381 g/mol. The number of halogens is 1. The number of fused-ring (bicyclic) bond motifs is 1. The van der Waals surface area contributed by atoms with Gasteiger partial charge in [-0.3, -0.25) is 10.1 Å². The lowest BCUT2D eigenvalue weighted by atomic mass is 9.85. The van der Waals surface area contributed by atoms with Gasteiger partial charge in [-0.2, -0.15) is 0 Å². The van der Waals surface area contributed by atoms with E-state index in [0.29, 0.717) is 12.6 Å². The summed E-state index contributed by atoms with van der Waals surface area (Å²) in [7, 11) is 0. The Bertz CT molecular complexity index is 719. The fraction of sp³-hybridized carbons (Fsp3) is 0.579. The number of rotatable bonds is 7. The Morgan fingerprint density at radius 1 is 1.38 bits per heavy atom. The third kappa shape index (κ3) is 4.96. The summed E-state index contributed by atoms with van der Waals surface area (Å²) in [6.45, 7) is 4.18. The van der Waals surface area contributed by atoms with Crippen LogP contribution in [0.3, 0.4) is 0 Å². The molecule has 2 atom stereocenters. The fourth-order valence-electron chi connectivity index (χ4n) is 3.54. The third-order valence-corrected chi connectivity index (χ3v) is 4.85. The molecule has 0 aliphatic heterocycles. The summed E-state index contributed by atoms with van der Waals surface area (Å²) >= 11 is 0. The highest BCUT2D eigenvalue weighted by molar-refractivity contribution is 5.93. The predicted octanol–water partition coefficient (Wildman–Crippen LogP) is 3.34. The quantitative estimate of drug-likeness (QED) is 0.721. The number of hydrogen-bond acceptors (Lipinski definition) is 4. The predicted molar refractivity (Wildman–Crippen MR) is 107 cm³/mol. The van der Waals surface area contributed by atoms with Crippen LogP contribution in [0.1, 0.15) is 39.0 Å². The molecule has 3 rings (SSSR count). The Labute approximate surface area is 160 Å². The van der Waals surface area contributed by atoms with Crippen LogP contribution in [0.4, 0.5) is 5.95 Å². The van der Waals surface area contributed by atoms with Crippen molar-refractivity contribution in [3.8, 4) is 0 Å². The van der Waals surface area contributed by atoms with Crippen molar-refractivity contribution >= 4 is 35.3 Å². The van der Waals surface area contributed by atoms with Crippen molar-refractivity contribution in [1.29, 1.82) is 0 Å². The molecule has 0 radical (unpaired) electrons. The van der Waals surface area contributed by atoms with Crippen LogP contribution in [-0.4, -0.2) is 34.7 Å². The molecule has 144 valence electrons. The van der Waals surface area contributed by atoms with E-state index in [1.165, 1.54) is 0 Å². The molecule has 1 aliphatic rings. The number of nitrogens with one attached hydrogen (secondary N) is 1. The van der Waals surface area contributed by atoms with Gasteiger partial charge >= 0.3 is 0 Å². The van der Waals surface area contributed by atoms with Crippen molar-refractivity contribution in [2.24, 2.45) is 11.7 Å². The number of anilines is 1. The maximum absolute atomic E-state index is 12.7. The second kappa shape index (κ2) is 9.90. The second-order valence-electron chi connectivity index (χ2n) is 6.74. The van der Waals surface area contributed by atoms with E-state index in [0.717, 1.165) is 56.3 Å². The number of carbonyl (C=O) groups excluding carboxylic acids is 1. The maximum atomic E-state index is 12.7. The molecular weight excluding hydrogens is 352 g/mol. The zero-order valence-electron chi connectivity index (χ0n) is 15.3. The highest BCUT2D eigenvalue weighted by Gasteiger charge is 2.26. The number of benzene rings is 1. The van der Waals surface area contributed by atoms with Crippen LogP contribution in [0, 0.1) is 5.92 Å². The van der Waals surface area contributed by atoms with E-state index in [1.807, 2.05) is 31.2 Å². The van der Waals surface area contributed by atoms with E-state index in [4.69, 9.17) is 10.5 Å². The van der Waals surface area contributed by atoms with Crippen molar-refractivity contribution in [3.63, 3.8) is 0 Å². The van der Waals surface area contributed by atoms with Gasteiger partial charge in [0, 0.05) is 31.7 Å². The van der Waals surface area contributed by atoms with Gasteiger partial charge in [0.1, 0.15) is 0 Å². The third-order valence-electron chi connectivity index (χ3n) is 4.85. The molecule has 1 aromatic carbocycles. The monoisotopic (exact) mass is 380 g/mol. The van der Waals surface area contributed by atoms with Gasteiger partial charge in [-0.05, 0) is 44.7 Å². The first kappa shape index (κ1) is 20.7. The Balaban J connectivity index is 0.00000243. The van der Waals surface area contributed by atoms with Crippen LogP contribution in [-0.2, 0) is 16.1 Å². The van der Waals surface area contributed by atoms with Gasteiger partial charge in [0.05, 0.1) is 11.0 Å². The smallest absolute Gasteiger partial charge is 0.229 e. The standard InChI is InChI=1S/C19H28N4O2.ClH/c1-2-25-12-6-11-23-17-10-4-3-9-16(17)21-19(23)22-18(24)14-7-5-8-15(20)13-14;/h3-4,9-10,14-15H,2,5-8,11-13,20H2,1H3,(H,21,22,24);1H. The SMILES string of the molecule is CCOCCCn1c(NC(=O)C2CCCC(N)C2)nc2ccccc21.Cl. The highest BCUT2D eigenvalue weighted by Crippen LogP contribution is 2.26. The maximum Gasteiger partial charge on any atom is 0.229 e. The number of para-hydroxylation sites is 2. The molecule has 6 nitrogen and oxygen atoms in total. The molecule has 1 saturated carbocycles. The molecule has 3 N–H and O–H groups in total. The zero-order chi connectivity index (χ0) is 17.6. The van der Waals surface area contributed by atoms with Crippen molar-refractivity contribution in [2.45, 2.75) is 51.6 Å². The molecule has 7 heteroatoms. The lowest BCUT2D eigenvalue weighted by Gasteiger charge is -2.25. The number of imidazole rings is 1. The molecule has 1 heterocycles. The van der Waals surface area contributed by atoms with E-state index >= 15 is 0 Å². The van der Waals surface area contributed by atoms with Gasteiger partial charge in [0.25, 0.3) is 0 Å². The van der Waals surface area contributed by atoms with Gasteiger partial charge < -0.3 is 15.0 Å². The molecule has 0 spiro atoms. The van der Waals surface area contributed by atoms with Crippen LogP contribution in [0.15, 0.2) is 24.3 Å². The number of nitrogens with zero attached hydrogens (tertiary/aromatic N) is 2. The highest BCUT2D eigenvalue weighted by atomic mass is 35.5. The average Bonchev–Trinajstić information content (AvgIpc) is 2.96. The number of aryl methyl sites for hydroxylation is 1. The number of nitrogens with two attached hydrogens (primary N) is 1. The first-order chi connectivity index (χ1) is 12.2. The number of ether oxygens (including phenoxy) is 1. The minimum atomic E-state index is -0.0135. The van der Waals surface area contributed by atoms with Gasteiger partial charge in [0.2, 0.25) is 11.9 Å². The van der Waals surface area contributed by atoms with Crippen LogP contribution in [0.5, 0.6) is 0 Å². The second-order valence-corrected chi connectivity index (χ2v) is 6.74. The van der Waals surface area contributed by atoms with E-state index < -0.39 is 0 Å². The number of hydrogen-bond donors (Lipinski definition) is 2. The fourth-order valence-corrected chi connectivity index (χ4v) is 3.54. The first-order valence-electron chi connectivity index (χ1n) is 9.28. The number of carbonyl (C=O) groups is 1. The van der Waals surface area contributed by atoms with Gasteiger partial charge in [-0.15, -0.1) is 12.4 Å². The van der Waals surface area contributed by atoms with Crippen LogP contribution >= 0.6 is 12.4 Å². The van der Waals surface area contributed by atoms with Crippen molar-refractivity contribution in [2.75, 3.05) is 18.5 Å². The van der Waals surface area contributed by atoms with E-state index in [1.54, 1.807) is 0 Å². The summed E-state index contributed by atoms with van der Waals surface area (Å²) in [5.41, 5.74) is 7.96. The largest absolute Gasteiger partial charge is 0.382 e. The molecule has 0 saturated heterocycles. The molecule has 2 unspecified atom stereocenters. The van der Waals surface area contributed by atoms with Gasteiger partial charge in [-0.25, -0.2) is 4.98 Å². The Morgan fingerprint density at radius 2 is 2.19 bits per heavy atom. The number of aromatic nitrogens is 2. The lowest BCUT2D eigenvalue weighted by Crippen LogP contribution is -2.34. The summed E-state index contributed by atoms with van der Waals surface area (Å²) in [6.07, 6.45) is 4.58. The van der Waals surface area contributed by atoms with Crippen LogP contribution in [0.25, 0.3) is 11.0 Å². The molecule has 1 aliphatic carbocycles. The zero-order valence-corrected chi connectivity index (χ0v) is 16.1. The summed E-state index contributed by atoms with van der Waals surface area (Å²) in [5, 5.41) is 3.05. The number of amides is 1. The molecule has 1 fully saturated rings. The molecule has 26 heavy (non-hydrogen) atoms. The molecule has 2 aromatic rings. The van der Waals surface area contributed by atoms with Crippen molar-refractivity contribution < 1.29 is 9.53 Å². The molecular formula is C19H29ClN4O2. The summed E-state index contributed by atoms with van der Waals surface area (Å²) in [6, 6.07) is 8.10. The normalized spacial score (nSPS) is 19.9. The topological polar surface area (TPSA) is 82.2 Å². The van der Waals surface area contributed by atoms with E-state index in [9.17, 15) is 4.79 Å². The van der Waals surface area contributed by atoms with Gasteiger partial charge in [-0.1, -0.05) is 18.6 Å². The minimum Gasteiger partial charge on any atom is -0.382 e. The summed E-state index contributed by atoms with van der Waals surface area (Å²) in [4.78, 5) is 17.3. The molecule has 0 bridgehead atoms. The Hall–Kier alpha value is -1.63. The van der Waals surface area contributed by atoms with Crippen LogP contribution < -0.4 is 11.1 Å². The lowest BCUT2D eigenvalue weighted by molar-refractivity contribution is -0.121. The van der Waals surface area contributed by atoms with E-state index in [2.05, 4.69) is 14.9 Å². The van der Waals surface area contributed by atoms with Gasteiger partial charge in [0.15, 0.2) is 0 Å². The van der Waals surface area contributed by atoms with Crippen LogP contribution in [0.2, 0.25) is 0 Å².